The lowest BCUT2D eigenvalue weighted by Crippen LogP contribution is -2.05. The van der Waals surface area contributed by atoms with E-state index in [0.29, 0.717) is 5.92 Å². The molecule has 6 heteroatoms. The largest absolute Gasteiger partial charge is 0.265 e. The van der Waals surface area contributed by atoms with Crippen LogP contribution in [-0.2, 0) is 6.42 Å². The molecule has 0 saturated heterocycles. The third-order valence-corrected chi connectivity index (χ3v) is 6.04. The fourth-order valence-corrected chi connectivity index (χ4v) is 5.08. The molecule has 0 saturated carbocycles. The van der Waals surface area contributed by atoms with Crippen LogP contribution < -0.4 is 0 Å². The number of thiophene rings is 1. The lowest BCUT2D eigenvalue weighted by molar-refractivity contribution is 0.602. The number of aromatic nitrogens is 5. The summed E-state index contributed by atoms with van der Waals surface area (Å²) < 4.78 is 1.90. The van der Waals surface area contributed by atoms with Gasteiger partial charge in [0.15, 0.2) is 11.5 Å². The Labute approximate surface area is 143 Å². The Morgan fingerprint density at radius 1 is 1.21 bits per heavy atom. The summed E-state index contributed by atoms with van der Waals surface area (Å²) in [6.45, 7) is 4.32. The highest BCUT2D eigenvalue weighted by molar-refractivity contribution is 7.19. The average Bonchev–Trinajstić information content (AvgIpc) is 3.18. The zero-order chi connectivity index (χ0) is 16.3. The summed E-state index contributed by atoms with van der Waals surface area (Å²) in [5.41, 5.74) is 3.38. The molecule has 0 bridgehead atoms. The second-order valence-electron chi connectivity index (χ2n) is 6.48. The van der Waals surface area contributed by atoms with Crippen molar-refractivity contribution in [1.82, 2.24) is 24.6 Å². The first-order chi connectivity index (χ1) is 11.7. The third kappa shape index (κ3) is 1.92. The van der Waals surface area contributed by atoms with Crippen molar-refractivity contribution in [3.05, 3.63) is 40.8 Å². The molecule has 4 heterocycles. The van der Waals surface area contributed by atoms with Gasteiger partial charge in [-0.15, -0.1) is 16.4 Å². The van der Waals surface area contributed by atoms with Crippen LogP contribution in [0.15, 0.2) is 24.5 Å². The smallest absolute Gasteiger partial charge is 0.182 e. The minimum atomic E-state index is 0.567. The molecule has 5 rings (SSSR count). The van der Waals surface area contributed by atoms with Gasteiger partial charge >= 0.3 is 0 Å². The first-order valence-corrected chi connectivity index (χ1v) is 9.13. The molecule has 24 heavy (non-hydrogen) atoms. The lowest BCUT2D eigenvalue weighted by atomic mass is 9.87. The number of fused-ring (bicyclic) bond motifs is 5. The molecule has 4 aromatic rings. The second-order valence-corrected chi connectivity index (χ2v) is 7.56. The number of aryl methyl sites for hydroxylation is 2. The van der Waals surface area contributed by atoms with Crippen LogP contribution in [0.1, 0.15) is 41.9 Å². The zero-order valence-electron chi connectivity index (χ0n) is 13.7. The number of nitrogens with zero attached hydrogens (tertiary/aromatic N) is 5. The van der Waals surface area contributed by atoms with Crippen molar-refractivity contribution < 1.29 is 0 Å². The van der Waals surface area contributed by atoms with Crippen molar-refractivity contribution in [3.8, 4) is 11.4 Å². The van der Waals surface area contributed by atoms with Gasteiger partial charge in [-0.2, -0.15) is 4.52 Å². The quantitative estimate of drug-likeness (QED) is 0.524. The molecule has 0 N–H and O–H groups in total. The van der Waals surface area contributed by atoms with Gasteiger partial charge in [-0.1, -0.05) is 6.92 Å². The maximum atomic E-state index is 4.88. The topological polar surface area (TPSA) is 56.0 Å². The molecule has 0 unspecified atom stereocenters. The molecule has 5 nitrogen and oxygen atoms in total. The minimum absolute atomic E-state index is 0.567. The van der Waals surface area contributed by atoms with Gasteiger partial charge in [0.2, 0.25) is 0 Å². The van der Waals surface area contributed by atoms with Gasteiger partial charge in [-0.25, -0.2) is 9.97 Å². The number of hydrogen-bond donors (Lipinski definition) is 0. The van der Waals surface area contributed by atoms with E-state index in [2.05, 4.69) is 11.9 Å². The highest BCUT2D eigenvalue weighted by Crippen LogP contribution is 2.43. The highest BCUT2D eigenvalue weighted by atomic mass is 32.1. The molecule has 0 aliphatic heterocycles. The SMILES string of the molecule is Cc1nc2sc3c(c2c2nc(-c4ccncc4)nn12)[C@H](C)CCC3. The number of hydrogen-bond acceptors (Lipinski definition) is 5. The van der Waals surface area contributed by atoms with Crippen molar-refractivity contribution in [2.24, 2.45) is 0 Å². The standard InChI is InChI=1S/C18H17N5S/c1-10-4-3-5-13-14(10)15-17-21-16(12-6-8-19-9-7-12)22-23(17)11(2)20-18(15)24-13/h6-10H,3-5H2,1-2H3/t10-/m1/s1. The summed E-state index contributed by atoms with van der Waals surface area (Å²) in [6.07, 6.45) is 7.22. The van der Waals surface area contributed by atoms with Crippen LogP contribution in [0.2, 0.25) is 0 Å². The zero-order valence-corrected chi connectivity index (χ0v) is 14.5. The first kappa shape index (κ1) is 14.0. The van der Waals surface area contributed by atoms with E-state index >= 15 is 0 Å². The van der Waals surface area contributed by atoms with Crippen LogP contribution in [0.4, 0.5) is 0 Å². The van der Waals surface area contributed by atoms with E-state index in [4.69, 9.17) is 15.1 Å². The van der Waals surface area contributed by atoms with Crippen molar-refractivity contribution in [3.63, 3.8) is 0 Å². The summed E-state index contributed by atoms with van der Waals surface area (Å²) in [5.74, 6) is 2.19. The average molecular weight is 335 g/mol. The number of pyridine rings is 1. The van der Waals surface area contributed by atoms with Gasteiger partial charge < -0.3 is 0 Å². The number of rotatable bonds is 1. The van der Waals surface area contributed by atoms with E-state index in [0.717, 1.165) is 34.1 Å². The monoisotopic (exact) mass is 335 g/mol. The van der Waals surface area contributed by atoms with Gasteiger partial charge in [-0.3, -0.25) is 4.98 Å². The van der Waals surface area contributed by atoms with E-state index in [1.165, 1.54) is 28.7 Å². The summed E-state index contributed by atoms with van der Waals surface area (Å²) in [7, 11) is 0. The molecule has 120 valence electrons. The fraction of sp³-hybridized carbons (Fsp3) is 0.333. The molecule has 1 aliphatic rings. The van der Waals surface area contributed by atoms with Crippen molar-refractivity contribution in [2.45, 2.75) is 39.0 Å². The van der Waals surface area contributed by atoms with Crippen LogP contribution in [-0.4, -0.2) is 24.6 Å². The predicted molar refractivity (Wildman–Crippen MR) is 95.5 cm³/mol. The van der Waals surface area contributed by atoms with E-state index in [1.807, 2.05) is 34.9 Å². The molecule has 4 aromatic heterocycles. The summed E-state index contributed by atoms with van der Waals surface area (Å²) in [6, 6.07) is 3.89. The fourth-order valence-electron chi connectivity index (χ4n) is 3.71. The predicted octanol–water partition coefficient (Wildman–Crippen LogP) is 4.15. The Kier molecular flexibility index (Phi) is 2.97. The van der Waals surface area contributed by atoms with Gasteiger partial charge in [-0.05, 0) is 49.8 Å². The van der Waals surface area contributed by atoms with E-state index < -0.39 is 0 Å². The molecule has 1 atom stereocenters. The maximum absolute atomic E-state index is 4.88. The Balaban J connectivity index is 1.86. The molecule has 0 fully saturated rings. The van der Waals surface area contributed by atoms with Crippen molar-refractivity contribution >= 4 is 27.2 Å². The Bertz CT molecular complexity index is 1060. The Morgan fingerprint density at radius 2 is 2.04 bits per heavy atom. The van der Waals surface area contributed by atoms with E-state index in [-0.39, 0.29) is 0 Å². The van der Waals surface area contributed by atoms with Crippen LogP contribution in [0, 0.1) is 6.92 Å². The summed E-state index contributed by atoms with van der Waals surface area (Å²) in [5, 5.41) is 5.91. The Morgan fingerprint density at radius 3 is 2.88 bits per heavy atom. The van der Waals surface area contributed by atoms with E-state index in [1.54, 1.807) is 12.4 Å². The summed E-state index contributed by atoms with van der Waals surface area (Å²) in [4.78, 5) is 16.4. The molecular weight excluding hydrogens is 318 g/mol. The maximum Gasteiger partial charge on any atom is 0.182 e. The second kappa shape index (κ2) is 5.08. The summed E-state index contributed by atoms with van der Waals surface area (Å²) >= 11 is 1.84. The van der Waals surface area contributed by atoms with Crippen molar-refractivity contribution in [1.29, 1.82) is 0 Å². The molecule has 1 aliphatic carbocycles. The third-order valence-electron chi connectivity index (χ3n) is 4.88. The molecular formula is C18H17N5S. The Hall–Kier alpha value is -2.34. The molecule has 0 amide bonds. The minimum Gasteiger partial charge on any atom is -0.265 e. The van der Waals surface area contributed by atoms with Gasteiger partial charge in [0.25, 0.3) is 0 Å². The lowest BCUT2D eigenvalue weighted by Gasteiger charge is -2.18. The first-order valence-electron chi connectivity index (χ1n) is 8.31. The molecule has 0 aromatic carbocycles. The normalized spacial score (nSPS) is 17.5. The molecule has 0 radical (unpaired) electrons. The van der Waals surface area contributed by atoms with Crippen LogP contribution in [0.25, 0.3) is 27.3 Å². The highest BCUT2D eigenvalue weighted by Gasteiger charge is 2.26. The van der Waals surface area contributed by atoms with Crippen molar-refractivity contribution in [2.75, 3.05) is 0 Å². The van der Waals surface area contributed by atoms with E-state index in [9.17, 15) is 0 Å². The van der Waals surface area contributed by atoms with Gasteiger partial charge in [0.05, 0.1) is 5.39 Å². The van der Waals surface area contributed by atoms with Crippen LogP contribution in [0.3, 0.4) is 0 Å². The van der Waals surface area contributed by atoms with Crippen LogP contribution in [0.5, 0.6) is 0 Å². The van der Waals surface area contributed by atoms with Crippen LogP contribution >= 0.6 is 11.3 Å². The molecule has 0 spiro atoms. The van der Waals surface area contributed by atoms with Gasteiger partial charge in [0.1, 0.15) is 10.7 Å². The van der Waals surface area contributed by atoms with Gasteiger partial charge in [0, 0.05) is 22.8 Å².